The van der Waals surface area contributed by atoms with Gasteiger partial charge in [-0.25, -0.2) is 0 Å². The van der Waals surface area contributed by atoms with E-state index in [0.717, 1.165) is 12.8 Å². The molecule has 0 radical (unpaired) electrons. The Kier molecular flexibility index (Phi) is 1.75. The molecule has 8 heavy (non-hydrogen) atoms. The molecule has 0 amide bonds. The highest BCUT2D eigenvalue weighted by Crippen LogP contribution is 2.33. The Morgan fingerprint density at radius 2 is 2.38 bits per heavy atom. The van der Waals surface area contributed by atoms with Crippen molar-refractivity contribution in [1.82, 2.24) is 0 Å². The van der Waals surface area contributed by atoms with E-state index in [9.17, 15) is 0 Å². The fourth-order valence-corrected chi connectivity index (χ4v) is 1.29. The molecule has 1 fully saturated rings. The molecule has 0 aromatic carbocycles. The maximum absolute atomic E-state index is 8.38. The van der Waals surface area contributed by atoms with Gasteiger partial charge in [0.05, 0.1) is 12.0 Å². The van der Waals surface area contributed by atoms with Crippen LogP contribution in [0.5, 0.6) is 0 Å². The first-order valence-electron chi connectivity index (χ1n) is 2.84. The maximum Gasteiger partial charge on any atom is 0.0659 e. The largest absolute Gasteiger partial charge is 0.198 e. The zero-order valence-corrected chi connectivity index (χ0v) is 5.36. The van der Waals surface area contributed by atoms with Crippen molar-refractivity contribution in [3.05, 3.63) is 0 Å². The lowest BCUT2D eigenvalue weighted by Crippen LogP contribution is -2.25. The highest BCUT2D eigenvalue weighted by atomic mass is 35.5. The molecule has 1 nitrogen and oxygen atoms in total. The number of alkyl halides is 1. The normalized spacial score (nSPS) is 35.5. The number of hydrogen-bond acceptors (Lipinski definition) is 1. The van der Waals surface area contributed by atoms with E-state index in [2.05, 4.69) is 6.07 Å². The summed E-state index contributed by atoms with van der Waals surface area (Å²) in [5.74, 6) is 1.44. The van der Waals surface area contributed by atoms with Crippen LogP contribution >= 0.6 is 11.6 Å². The predicted octanol–water partition coefficient (Wildman–Crippen LogP) is 1.77. The number of nitrogens with zero attached hydrogens (tertiary/aromatic N) is 1. The fraction of sp³-hybridized carbons (Fsp3) is 0.833. The summed E-state index contributed by atoms with van der Waals surface area (Å²) in [7, 11) is 0. The van der Waals surface area contributed by atoms with Gasteiger partial charge in [-0.2, -0.15) is 5.26 Å². The Bertz CT molecular complexity index is 114. The molecule has 0 N–H and O–H groups in total. The molecule has 1 rings (SSSR count). The van der Waals surface area contributed by atoms with E-state index in [4.69, 9.17) is 16.9 Å². The Balaban J connectivity index is 2.29. The molecule has 1 aliphatic rings. The second-order valence-corrected chi connectivity index (χ2v) is 2.54. The van der Waals surface area contributed by atoms with Gasteiger partial charge in [0.2, 0.25) is 0 Å². The molecule has 0 aromatic rings. The lowest BCUT2D eigenvalue weighted by atomic mass is 9.76. The molecule has 44 valence electrons. The molecule has 0 aromatic heterocycles. The predicted molar refractivity (Wildman–Crippen MR) is 32.5 cm³/mol. The average Bonchev–Trinajstić information content (AvgIpc) is 1.66. The van der Waals surface area contributed by atoms with Crippen LogP contribution in [0.4, 0.5) is 0 Å². The third-order valence-electron chi connectivity index (χ3n) is 1.78. The Hall–Kier alpha value is -0.220. The molecular weight excluding hydrogens is 122 g/mol. The van der Waals surface area contributed by atoms with E-state index in [1.54, 1.807) is 0 Å². The summed E-state index contributed by atoms with van der Waals surface area (Å²) < 4.78 is 0. The molecule has 0 heterocycles. The van der Waals surface area contributed by atoms with Gasteiger partial charge in [-0.05, 0) is 18.8 Å². The van der Waals surface area contributed by atoms with Gasteiger partial charge in [0.1, 0.15) is 0 Å². The van der Waals surface area contributed by atoms with Crippen molar-refractivity contribution in [3.63, 3.8) is 0 Å². The van der Waals surface area contributed by atoms with E-state index in [-0.39, 0.29) is 5.92 Å². The summed E-state index contributed by atoms with van der Waals surface area (Å²) in [5, 5.41) is 8.38. The average molecular weight is 130 g/mol. The lowest BCUT2D eigenvalue weighted by Gasteiger charge is -2.28. The van der Waals surface area contributed by atoms with Gasteiger partial charge in [0, 0.05) is 5.88 Å². The standard InChI is InChI=1S/C6H8ClN/c7-3-5-1-2-6(5)4-8/h5-6H,1-3H2. The van der Waals surface area contributed by atoms with E-state index < -0.39 is 0 Å². The zero-order valence-electron chi connectivity index (χ0n) is 4.60. The number of rotatable bonds is 1. The van der Waals surface area contributed by atoms with Crippen LogP contribution < -0.4 is 0 Å². The highest BCUT2D eigenvalue weighted by molar-refractivity contribution is 6.18. The van der Waals surface area contributed by atoms with Crippen LogP contribution in [-0.2, 0) is 0 Å². The molecule has 1 aliphatic carbocycles. The minimum absolute atomic E-state index is 0.271. The summed E-state index contributed by atoms with van der Waals surface area (Å²) in [6.07, 6.45) is 2.22. The second kappa shape index (κ2) is 2.37. The van der Waals surface area contributed by atoms with Crippen LogP contribution in [-0.4, -0.2) is 5.88 Å². The van der Waals surface area contributed by atoms with E-state index in [1.807, 2.05) is 0 Å². The summed E-state index contributed by atoms with van der Waals surface area (Å²) in [6.45, 7) is 0. The van der Waals surface area contributed by atoms with Crippen molar-refractivity contribution >= 4 is 11.6 Å². The van der Waals surface area contributed by atoms with Gasteiger partial charge in [0.25, 0.3) is 0 Å². The summed E-state index contributed by atoms with van der Waals surface area (Å²) in [6, 6.07) is 2.22. The van der Waals surface area contributed by atoms with Crippen molar-refractivity contribution in [2.24, 2.45) is 11.8 Å². The van der Waals surface area contributed by atoms with Crippen molar-refractivity contribution in [2.75, 3.05) is 5.88 Å². The van der Waals surface area contributed by atoms with E-state index in [0.29, 0.717) is 11.8 Å². The molecule has 1 saturated carbocycles. The summed E-state index contributed by atoms with van der Waals surface area (Å²) >= 11 is 5.53. The molecule has 2 heteroatoms. The van der Waals surface area contributed by atoms with Crippen molar-refractivity contribution in [2.45, 2.75) is 12.8 Å². The van der Waals surface area contributed by atoms with Crippen LogP contribution in [0.2, 0.25) is 0 Å². The van der Waals surface area contributed by atoms with Crippen molar-refractivity contribution in [1.29, 1.82) is 5.26 Å². The topological polar surface area (TPSA) is 23.8 Å². The SMILES string of the molecule is N#CC1CCC1CCl. The summed E-state index contributed by atoms with van der Waals surface area (Å²) in [4.78, 5) is 0. The van der Waals surface area contributed by atoms with Gasteiger partial charge in [0.15, 0.2) is 0 Å². The number of nitriles is 1. The minimum Gasteiger partial charge on any atom is -0.198 e. The van der Waals surface area contributed by atoms with Gasteiger partial charge in [-0.1, -0.05) is 0 Å². The van der Waals surface area contributed by atoms with Crippen molar-refractivity contribution < 1.29 is 0 Å². The van der Waals surface area contributed by atoms with E-state index in [1.165, 1.54) is 0 Å². The van der Waals surface area contributed by atoms with Gasteiger partial charge < -0.3 is 0 Å². The quantitative estimate of drug-likeness (QED) is 0.495. The third kappa shape index (κ3) is 0.809. The van der Waals surface area contributed by atoms with E-state index >= 15 is 0 Å². The Morgan fingerprint density at radius 1 is 1.62 bits per heavy atom. The maximum atomic E-state index is 8.38. The lowest BCUT2D eigenvalue weighted by molar-refractivity contribution is 0.263. The first-order chi connectivity index (χ1) is 3.88. The highest BCUT2D eigenvalue weighted by Gasteiger charge is 2.29. The minimum atomic E-state index is 0.271. The van der Waals surface area contributed by atoms with Crippen LogP contribution in [0, 0.1) is 23.2 Å². The Labute approximate surface area is 54.3 Å². The zero-order chi connectivity index (χ0) is 5.98. The van der Waals surface area contributed by atoms with Gasteiger partial charge >= 0.3 is 0 Å². The smallest absolute Gasteiger partial charge is 0.0659 e. The first-order valence-corrected chi connectivity index (χ1v) is 3.37. The van der Waals surface area contributed by atoms with Crippen molar-refractivity contribution in [3.8, 4) is 6.07 Å². The molecule has 0 saturated heterocycles. The monoisotopic (exact) mass is 129 g/mol. The number of halogens is 1. The first kappa shape index (κ1) is 5.91. The second-order valence-electron chi connectivity index (χ2n) is 2.23. The van der Waals surface area contributed by atoms with Crippen LogP contribution in [0.25, 0.3) is 0 Å². The van der Waals surface area contributed by atoms with Crippen LogP contribution in [0.15, 0.2) is 0 Å². The van der Waals surface area contributed by atoms with Gasteiger partial charge in [-0.3, -0.25) is 0 Å². The van der Waals surface area contributed by atoms with Crippen LogP contribution in [0.1, 0.15) is 12.8 Å². The molecule has 0 spiro atoms. The summed E-state index contributed by atoms with van der Waals surface area (Å²) in [5.41, 5.74) is 0. The molecule has 0 aliphatic heterocycles. The van der Waals surface area contributed by atoms with Crippen LogP contribution in [0.3, 0.4) is 0 Å². The number of hydrogen-bond donors (Lipinski definition) is 0. The molecule has 2 unspecified atom stereocenters. The third-order valence-corrected chi connectivity index (χ3v) is 2.18. The molecule has 2 atom stereocenters. The van der Waals surface area contributed by atoms with Gasteiger partial charge in [-0.15, -0.1) is 11.6 Å². The molecule has 0 bridgehead atoms. The Morgan fingerprint density at radius 3 is 2.50 bits per heavy atom. The molecular formula is C6H8ClN. The fourth-order valence-electron chi connectivity index (χ4n) is 0.924.